The number of pyridine rings is 1. The molecule has 1 amide bonds. The number of aromatic hydroxyl groups is 1. The van der Waals surface area contributed by atoms with Crippen molar-refractivity contribution < 1.29 is 9.90 Å². The monoisotopic (exact) mass is 419 g/mol. The SMILES string of the molecule is CNC(=O)c1ccc2cc(-c3ncc(N(C)[C@@H]4C[C@H]5CC[C@@H](C4)N5)nn3)c(O)cc2n1. The van der Waals surface area contributed by atoms with E-state index in [0.29, 0.717) is 40.7 Å². The zero-order valence-electron chi connectivity index (χ0n) is 17.5. The molecule has 3 atom stereocenters. The first-order chi connectivity index (χ1) is 15.0. The number of benzene rings is 1. The molecule has 5 rings (SSSR count). The molecule has 2 bridgehead atoms. The molecule has 160 valence electrons. The van der Waals surface area contributed by atoms with Crippen LogP contribution in [0.3, 0.4) is 0 Å². The van der Waals surface area contributed by atoms with E-state index >= 15 is 0 Å². The van der Waals surface area contributed by atoms with Crippen molar-refractivity contribution in [2.45, 2.75) is 43.8 Å². The van der Waals surface area contributed by atoms with Crippen LogP contribution in [0.5, 0.6) is 5.75 Å². The van der Waals surface area contributed by atoms with Crippen LogP contribution in [0, 0.1) is 0 Å². The number of piperidine rings is 1. The highest BCUT2D eigenvalue weighted by atomic mass is 16.3. The second-order valence-electron chi connectivity index (χ2n) is 8.35. The van der Waals surface area contributed by atoms with Crippen LogP contribution in [0.25, 0.3) is 22.3 Å². The van der Waals surface area contributed by atoms with Gasteiger partial charge < -0.3 is 20.6 Å². The first-order valence-corrected chi connectivity index (χ1v) is 10.6. The zero-order valence-corrected chi connectivity index (χ0v) is 17.5. The molecule has 2 fully saturated rings. The van der Waals surface area contributed by atoms with E-state index < -0.39 is 0 Å². The number of hydrogen-bond donors (Lipinski definition) is 3. The van der Waals surface area contributed by atoms with Gasteiger partial charge in [-0.2, -0.15) is 0 Å². The molecule has 9 heteroatoms. The molecule has 0 spiro atoms. The average Bonchev–Trinajstić information content (AvgIpc) is 3.14. The van der Waals surface area contributed by atoms with E-state index in [1.165, 1.54) is 18.9 Å². The lowest BCUT2D eigenvalue weighted by molar-refractivity contribution is 0.0958. The van der Waals surface area contributed by atoms with Crippen molar-refractivity contribution in [1.82, 2.24) is 30.8 Å². The molecule has 0 saturated carbocycles. The Hall–Kier alpha value is -3.33. The van der Waals surface area contributed by atoms with Gasteiger partial charge in [-0.05, 0) is 37.8 Å². The van der Waals surface area contributed by atoms with Gasteiger partial charge in [0.05, 0.1) is 17.3 Å². The summed E-state index contributed by atoms with van der Waals surface area (Å²) in [6.07, 6.45) is 6.42. The van der Waals surface area contributed by atoms with Gasteiger partial charge >= 0.3 is 0 Å². The van der Waals surface area contributed by atoms with Crippen molar-refractivity contribution in [1.29, 1.82) is 0 Å². The van der Waals surface area contributed by atoms with E-state index in [1.54, 1.807) is 31.4 Å². The Labute approximate surface area is 179 Å². The van der Waals surface area contributed by atoms with Crippen molar-refractivity contribution >= 4 is 22.6 Å². The van der Waals surface area contributed by atoms with Gasteiger partial charge in [-0.25, -0.2) is 9.97 Å². The Bertz CT molecular complexity index is 1120. The van der Waals surface area contributed by atoms with Crippen LogP contribution >= 0.6 is 0 Å². The summed E-state index contributed by atoms with van der Waals surface area (Å²) < 4.78 is 0. The number of nitrogens with zero attached hydrogens (tertiary/aromatic N) is 5. The second-order valence-corrected chi connectivity index (χ2v) is 8.35. The highest BCUT2D eigenvalue weighted by Crippen LogP contribution is 2.33. The molecule has 31 heavy (non-hydrogen) atoms. The molecular weight excluding hydrogens is 394 g/mol. The molecular formula is C22H25N7O2. The van der Waals surface area contributed by atoms with Gasteiger partial charge in [-0.3, -0.25) is 4.79 Å². The number of hydrogen-bond acceptors (Lipinski definition) is 8. The molecule has 2 saturated heterocycles. The number of phenolic OH excluding ortho intramolecular Hbond substituents is 1. The minimum absolute atomic E-state index is 0.00751. The largest absolute Gasteiger partial charge is 0.507 e. The predicted molar refractivity (Wildman–Crippen MR) is 117 cm³/mol. The summed E-state index contributed by atoms with van der Waals surface area (Å²) in [6, 6.07) is 8.33. The van der Waals surface area contributed by atoms with Gasteiger partial charge in [0.25, 0.3) is 5.91 Å². The lowest BCUT2D eigenvalue weighted by Crippen LogP contribution is -2.47. The van der Waals surface area contributed by atoms with Gasteiger partial charge in [0.2, 0.25) is 0 Å². The number of aromatic nitrogens is 4. The maximum atomic E-state index is 11.8. The fraction of sp³-hybridized carbons (Fsp3) is 0.409. The third-order valence-corrected chi connectivity index (χ3v) is 6.41. The number of phenols is 1. The van der Waals surface area contributed by atoms with Crippen molar-refractivity contribution in [2.75, 3.05) is 19.0 Å². The Balaban J connectivity index is 1.40. The van der Waals surface area contributed by atoms with Crippen LogP contribution in [0.4, 0.5) is 5.82 Å². The number of rotatable bonds is 4. The number of nitrogens with one attached hydrogen (secondary N) is 2. The Morgan fingerprint density at radius 1 is 1.19 bits per heavy atom. The van der Waals surface area contributed by atoms with Crippen LogP contribution in [-0.4, -0.2) is 63.4 Å². The fourth-order valence-corrected chi connectivity index (χ4v) is 4.68. The van der Waals surface area contributed by atoms with Crippen LogP contribution < -0.4 is 15.5 Å². The van der Waals surface area contributed by atoms with E-state index in [1.807, 2.05) is 7.05 Å². The molecule has 1 aromatic carbocycles. The average molecular weight is 419 g/mol. The van der Waals surface area contributed by atoms with E-state index in [9.17, 15) is 9.90 Å². The highest BCUT2D eigenvalue weighted by molar-refractivity contribution is 5.95. The van der Waals surface area contributed by atoms with Crippen molar-refractivity contribution in [2.24, 2.45) is 0 Å². The summed E-state index contributed by atoms with van der Waals surface area (Å²) >= 11 is 0. The van der Waals surface area contributed by atoms with Crippen LogP contribution in [0.15, 0.2) is 30.5 Å². The summed E-state index contributed by atoms with van der Waals surface area (Å²) in [7, 11) is 3.60. The number of anilines is 1. The van der Waals surface area contributed by atoms with Crippen LogP contribution in [0.1, 0.15) is 36.2 Å². The van der Waals surface area contributed by atoms with Crippen LogP contribution in [0.2, 0.25) is 0 Å². The molecule has 2 aliphatic heterocycles. The first-order valence-electron chi connectivity index (χ1n) is 10.6. The molecule has 0 aliphatic carbocycles. The minimum Gasteiger partial charge on any atom is -0.507 e. The van der Waals surface area contributed by atoms with Gasteiger partial charge in [0, 0.05) is 43.7 Å². The lowest BCUT2D eigenvalue weighted by Gasteiger charge is -2.35. The second kappa shape index (κ2) is 7.73. The van der Waals surface area contributed by atoms with Gasteiger partial charge in [0.15, 0.2) is 11.6 Å². The van der Waals surface area contributed by atoms with Crippen molar-refractivity contribution in [3.63, 3.8) is 0 Å². The lowest BCUT2D eigenvalue weighted by atomic mass is 9.99. The third-order valence-electron chi connectivity index (χ3n) is 6.41. The van der Waals surface area contributed by atoms with Crippen molar-refractivity contribution in [3.05, 3.63) is 36.2 Å². The predicted octanol–water partition coefficient (Wildman–Crippen LogP) is 1.87. The van der Waals surface area contributed by atoms with Gasteiger partial charge in [0.1, 0.15) is 11.4 Å². The number of carbonyl (C=O) groups is 1. The van der Waals surface area contributed by atoms with Gasteiger partial charge in [-0.1, -0.05) is 6.07 Å². The number of fused-ring (bicyclic) bond motifs is 3. The molecule has 3 N–H and O–H groups in total. The molecule has 0 radical (unpaired) electrons. The van der Waals surface area contributed by atoms with E-state index in [2.05, 4.69) is 35.7 Å². The van der Waals surface area contributed by atoms with E-state index in [4.69, 9.17) is 0 Å². The zero-order chi connectivity index (χ0) is 21.5. The Morgan fingerprint density at radius 3 is 2.65 bits per heavy atom. The summed E-state index contributed by atoms with van der Waals surface area (Å²) in [5, 5.41) is 26.2. The molecule has 9 nitrogen and oxygen atoms in total. The fourth-order valence-electron chi connectivity index (χ4n) is 4.68. The Kier molecular flexibility index (Phi) is 4.90. The standard InChI is InChI=1S/C22H25N7O2/c1-23-22(31)17-6-3-12-7-16(19(30)10-18(12)26-17)21-24-11-20(27-28-21)29(2)15-8-13-4-5-14(9-15)25-13/h3,6-7,10-11,13-15,25,30H,4-5,8-9H2,1-2H3,(H,23,31)/t13-,14+,15-. The number of carbonyl (C=O) groups excluding carboxylic acids is 1. The van der Waals surface area contributed by atoms with E-state index in [-0.39, 0.29) is 11.7 Å². The molecule has 0 unspecified atom stereocenters. The molecule has 2 aliphatic rings. The maximum absolute atomic E-state index is 11.8. The summed E-state index contributed by atoms with van der Waals surface area (Å²) in [5.41, 5.74) is 1.29. The number of amides is 1. The maximum Gasteiger partial charge on any atom is 0.269 e. The third kappa shape index (κ3) is 3.65. The van der Waals surface area contributed by atoms with Crippen molar-refractivity contribution in [3.8, 4) is 17.1 Å². The topological polar surface area (TPSA) is 116 Å². The quantitative estimate of drug-likeness (QED) is 0.587. The van der Waals surface area contributed by atoms with Gasteiger partial charge in [-0.15, -0.1) is 10.2 Å². The first kappa shape index (κ1) is 19.6. The highest BCUT2D eigenvalue weighted by Gasteiger charge is 2.35. The normalized spacial score (nSPS) is 22.5. The summed E-state index contributed by atoms with van der Waals surface area (Å²) in [4.78, 5) is 22.7. The smallest absolute Gasteiger partial charge is 0.269 e. The molecule has 3 aromatic rings. The molecule has 4 heterocycles. The summed E-state index contributed by atoms with van der Waals surface area (Å²) in [5.74, 6) is 0.788. The van der Waals surface area contributed by atoms with Crippen LogP contribution in [-0.2, 0) is 0 Å². The van der Waals surface area contributed by atoms with E-state index in [0.717, 1.165) is 24.0 Å². The summed E-state index contributed by atoms with van der Waals surface area (Å²) in [6.45, 7) is 0. The Morgan fingerprint density at radius 2 is 1.97 bits per heavy atom. The minimum atomic E-state index is -0.278. The molecule has 2 aromatic heterocycles.